The van der Waals surface area contributed by atoms with E-state index in [0.717, 1.165) is 0 Å². The second-order valence-electron chi connectivity index (χ2n) is 3.74. The van der Waals surface area contributed by atoms with E-state index in [2.05, 4.69) is 25.8 Å². The van der Waals surface area contributed by atoms with Crippen molar-refractivity contribution >= 4 is 6.21 Å². The van der Waals surface area contributed by atoms with E-state index in [1.165, 1.54) is 0 Å². The summed E-state index contributed by atoms with van der Waals surface area (Å²) < 4.78 is 0. The first-order chi connectivity index (χ1) is 6.06. The van der Waals surface area contributed by atoms with E-state index in [1.807, 2.05) is 49.6 Å². The van der Waals surface area contributed by atoms with Crippen molar-refractivity contribution < 1.29 is 0 Å². The lowest BCUT2D eigenvalue weighted by molar-refractivity contribution is 0.587. The minimum Gasteiger partial charge on any atom is -0.287 e. The number of rotatable bonds is 3. The SMILES string of the molecule is C/C=C/C=C/C=C/C=NC(C)(C)C. The summed E-state index contributed by atoms with van der Waals surface area (Å²) >= 11 is 0. The van der Waals surface area contributed by atoms with E-state index in [1.54, 1.807) is 0 Å². The third-order valence-corrected chi connectivity index (χ3v) is 1.18. The summed E-state index contributed by atoms with van der Waals surface area (Å²) in [7, 11) is 0. The Labute approximate surface area is 81.6 Å². The van der Waals surface area contributed by atoms with Gasteiger partial charge in [-0.25, -0.2) is 0 Å². The molecule has 0 unspecified atom stereocenters. The predicted molar refractivity (Wildman–Crippen MR) is 61.3 cm³/mol. The molecule has 1 heteroatoms. The molecule has 0 aromatic heterocycles. The van der Waals surface area contributed by atoms with Gasteiger partial charge in [0.1, 0.15) is 0 Å². The van der Waals surface area contributed by atoms with Crippen molar-refractivity contribution in [1.82, 2.24) is 0 Å². The third kappa shape index (κ3) is 10.9. The second kappa shape index (κ2) is 6.41. The number of nitrogens with zero attached hydrogens (tertiary/aromatic N) is 1. The Balaban J connectivity index is 3.82. The summed E-state index contributed by atoms with van der Waals surface area (Å²) in [6.07, 6.45) is 13.7. The summed E-state index contributed by atoms with van der Waals surface area (Å²) in [5, 5.41) is 0. The molecule has 0 aromatic carbocycles. The minimum atomic E-state index is 0.0252. The van der Waals surface area contributed by atoms with Gasteiger partial charge < -0.3 is 0 Å². The molecule has 0 N–H and O–H groups in total. The highest BCUT2D eigenvalue weighted by atomic mass is 14.8. The molecule has 0 aromatic rings. The van der Waals surface area contributed by atoms with Gasteiger partial charge in [0.15, 0.2) is 0 Å². The highest BCUT2D eigenvalue weighted by Crippen LogP contribution is 2.04. The van der Waals surface area contributed by atoms with Crippen molar-refractivity contribution in [2.75, 3.05) is 0 Å². The monoisotopic (exact) mass is 177 g/mol. The molecule has 0 aliphatic carbocycles. The Morgan fingerprint density at radius 3 is 1.92 bits per heavy atom. The molecule has 0 rings (SSSR count). The first-order valence-electron chi connectivity index (χ1n) is 4.56. The fourth-order valence-corrected chi connectivity index (χ4v) is 0.620. The first-order valence-corrected chi connectivity index (χ1v) is 4.56. The molecular weight excluding hydrogens is 158 g/mol. The molecule has 0 radical (unpaired) electrons. The maximum atomic E-state index is 4.31. The van der Waals surface area contributed by atoms with E-state index in [9.17, 15) is 0 Å². The number of hydrogen-bond acceptors (Lipinski definition) is 1. The van der Waals surface area contributed by atoms with Crippen LogP contribution in [0.2, 0.25) is 0 Å². The summed E-state index contributed by atoms with van der Waals surface area (Å²) in [5.74, 6) is 0. The van der Waals surface area contributed by atoms with Crippen LogP contribution in [0.5, 0.6) is 0 Å². The van der Waals surface area contributed by atoms with Crippen LogP contribution in [0.15, 0.2) is 41.4 Å². The fourth-order valence-electron chi connectivity index (χ4n) is 0.620. The Morgan fingerprint density at radius 2 is 1.38 bits per heavy atom. The van der Waals surface area contributed by atoms with Crippen molar-refractivity contribution in [2.45, 2.75) is 33.2 Å². The maximum absolute atomic E-state index is 4.31. The largest absolute Gasteiger partial charge is 0.287 e. The van der Waals surface area contributed by atoms with E-state index >= 15 is 0 Å². The molecule has 0 atom stereocenters. The lowest BCUT2D eigenvalue weighted by Crippen LogP contribution is -2.08. The van der Waals surface area contributed by atoms with Gasteiger partial charge in [-0.2, -0.15) is 0 Å². The van der Waals surface area contributed by atoms with Crippen LogP contribution in [0.4, 0.5) is 0 Å². The highest BCUT2D eigenvalue weighted by molar-refractivity contribution is 5.71. The van der Waals surface area contributed by atoms with Crippen molar-refractivity contribution in [2.24, 2.45) is 4.99 Å². The second-order valence-corrected chi connectivity index (χ2v) is 3.74. The van der Waals surface area contributed by atoms with Crippen LogP contribution < -0.4 is 0 Å². The lowest BCUT2D eigenvalue weighted by Gasteiger charge is -2.09. The third-order valence-electron chi connectivity index (χ3n) is 1.18. The Morgan fingerprint density at radius 1 is 0.846 bits per heavy atom. The summed E-state index contributed by atoms with van der Waals surface area (Å²) in [5.41, 5.74) is 0.0252. The molecule has 0 saturated carbocycles. The van der Waals surface area contributed by atoms with Gasteiger partial charge in [0, 0.05) is 6.21 Å². The van der Waals surface area contributed by atoms with Crippen LogP contribution in [-0.2, 0) is 0 Å². The molecule has 0 aliphatic rings. The Hall–Kier alpha value is -1.11. The van der Waals surface area contributed by atoms with Gasteiger partial charge in [-0.05, 0) is 33.8 Å². The molecular formula is C12H19N. The van der Waals surface area contributed by atoms with Gasteiger partial charge in [-0.15, -0.1) is 0 Å². The van der Waals surface area contributed by atoms with Crippen LogP contribution in [0.1, 0.15) is 27.7 Å². The standard InChI is InChI=1S/C12H19N/c1-5-6-7-8-9-10-11-13-12(2,3)4/h5-11H,1-4H3/b6-5+,8-7+,10-9+,13-11?. The van der Waals surface area contributed by atoms with Gasteiger partial charge >= 0.3 is 0 Å². The lowest BCUT2D eigenvalue weighted by atomic mass is 10.1. The zero-order valence-corrected chi connectivity index (χ0v) is 8.99. The molecule has 13 heavy (non-hydrogen) atoms. The summed E-state index contributed by atoms with van der Waals surface area (Å²) in [6.45, 7) is 8.22. The number of hydrogen-bond donors (Lipinski definition) is 0. The van der Waals surface area contributed by atoms with Crippen LogP contribution >= 0.6 is 0 Å². The smallest absolute Gasteiger partial charge is 0.0524 e. The fraction of sp³-hybridized carbons (Fsp3) is 0.417. The van der Waals surface area contributed by atoms with Crippen molar-refractivity contribution in [3.63, 3.8) is 0 Å². The number of aliphatic imine (C=N–C) groups is 1. The van der Waals surface area contributed by atoms with Crippen LogP contribution in [0.3, 0.4) is 0 Å². The van der Waals surface area contributed by atoms with Crippen LogP contribution in [0.25, 0.3) is 0 Å². The van der Waals surface area contributed by atoms with Crippen molar-refractivity contribution in [3.8, 4) is 0 Å². The van der Waals surface area contributed by atoms with Gasteiger partial charge in [0.25, 0.3) is 0 Å². The topological polar surface area (TPSA) is 12.4 Å². The first kappa shape index (κ1) is 11.9. The zero-order chi connectivity index (χ0) is 10.2. The molecule has 0 saturated heterocycles. The average Bonchev–Trinajstić information content (AvgIpc) is 2.01. The molecule has 0 heterocycles. The number of allylic oxidation sites excluding steroid dienone is 6. The quantitative estimate of drug-likeness (QED) is 0.462. The van der Waals surface area contributed by atoms with Gasteiger partial charge in [-0.3, -0.25) is 4.99 Å². The van der Waals surface area contributed by atoms with Crippen molar-refractivity contribution in [1.29, 1.82) is 0 Å². The van der Waals surface area contributed by atoms with Crippen LogP contribution in [-0.4, -0.2) is 11.8 Å². The Bertz CT molecular complexity index is 224. The van der Waals surface area contributed by atoms with Gasteiger partial charge in [-0.1, -0.05) is 30.4 Å². The summed E-state index contributed by atoms with van der Waals surface area (Å²) in [6, 6.07) is 0. The van der Waals surface area contributed by atoms with Crippen LogP contribution in [0, 0.1) is 0 Å². The van der Waals surface area contributed by atoms with Gasteiger partial charge in [0.2, 0.25) is 0 Å². The van der Waals surface area contributed by atoms with E-state index in [-0.39, 0.29) is 5.54 Å². The molecule has 0 spiro atoms. The molecule has 0 aliphatic heterocycles. The van der Waals surface area contributed by atoms with E-state index in [4.69, 9.17) is 0 Å². The molecule has 72 valence electrons. The normalized spacial score (nSPS) is 14.5. The molecule has 0 fully saturated rings. The highest BCUT2D eigenvalue weighted by Gasteiger charge is 2.02. The maximum Gasteiger partial charge on any atom is 0.0524 e. The average molecular weight is 177 g/mol. The van der Waals surface area contributed by atoms with E-state index < -0.39 is 0 Å². The van der Waals surface area contributed by atoms with Gasteiger partial charge in [0.05, 0.1) is 5.54 Å². The minimum absolute atomic E-state index is 0.0252. The molecule has 0 bridgehead atoms. The molecule has 1 nitrogen and oxygen atoms in total. The van der Waals surface area contributed by atoms with E-state index in [0.29, 0.717) is 0 Å². The van der Waals surface area contributed by atoms with Crippen molar-refractivity contribution in [3.05, 3.63) is 36.5 Å². The predicted octanol–water partition coefficient (Wildman–Crippen LogP) is 3.54. The summed E-state index contributed by atoms with van der Waals surface area (Å²) in [4.78, 5) is 4.31. The Kier molecular flexibility index (Phi) is 5.86. The zero-order valence-electron chi connectivity index (χ0n) is 8.99. The molecule has 0 amide bonds.